The number of primary amides is 1. The van der Waals surface area contributed by atoms with Gasteiger partial charge in [0.2, 0.25) is 5.91 Å². The number of carboxylic acid groups (broad SMARTS) is 1. The number of carbonyl (C=O) groups is 2. The van der Waals surface area contributed by atoms with Gasteiger partial charge >= 0.3 is 5.97 Å². The van der Waals surface area contributed by atoms with Crippen molar-refractivity contribution in [3.8, 4) is 0 Å². The lowest BCUT2D eigenvalue weighted by atomic mass is 9.76. The van der Waals surface area contributed by atoms with Crippen molar-refractivity contribution >= 4 is 11.9 Å². The Hall–Kier alpha value is -1.14. The van der Waals surface area contributed by atoms with Crippen LogP contribution in [0.15, 0.2) is 0 Å². The van der Waals surface area contributed by atoms with Gasteiger partial charge in [0.15, 0.2) is 0 Å². The van der Waals surface area contributed by atoms with Crippen molar-refractivity contribution in [2.24, 2.45) is 17.6 Å². The van der Waals surface area contributed by atoms with Crippen LogP contribution in [0.1, 0.15) is 26.7 Å². The summed E-state index contributed by atoms with van der Waals surface area (Å²) in [5.41, 5.74) is 3.35. The second-order valence-electron chi connectivity index (χ2n) is 4.14. The van der Waals surface area contributed by atoms with Gasteiger partial charge in [-0.2, -0.15) is 0 Å². The summed E-state index contributed by atoms with van der Waals surface area (Å²) in [6.45, 7) is 2.44. The van der Waals surface area contributed by atoms with Crippen LogP contribution in [-0.2, 0) is 9.59 Å². The van der Waals surface area contributed by atoms with Gasteiger partial charge in [-0.15, -0.1) is 0 Å². The predicted octanol–water partition coefficient (Wildman–Crippen LogP) is -0.668. The van der Waals surface area contributed by atoms with Crippen LogP contribution in [0.25, 0.3) is 0 Å². The number of aliphatic hydroxyl groups excluding tert-OH is 1. The summed E-state index contributed by atoms with van der Waals surface area (Å²) in [4.78, 5) is 21.7. The molecule has 0 radical (unpaired) electrons. The zero-order valence-corrected chi connectivity index (χ0v) is 9.51. The maximum Gasteiger partial charge on any atom is 0.306 e. The molecule has 0 aliphatic heterocycles. The smallest absolute Gasteiger partial charge is 0.306 e. The van der Waals surface area contributed by atoms with Crippen molar-refractivity contribution in [2.75, 3.05) is 6.61 Å². The molecule has 0 saturated carbocycles. The average molecular weight is 233 g/mol. The quantitative estimate of drug-likeness (QED) is 0.465. The van der Waals surface area contributed by atoms with E-state index in [1.807, 2.05) is 0 Å². The first-order chi connectivity index (χ1) is 7.26. The van der Waals surface area contributed by atoms with E-state index in [-0.39, 0.29) is 12.8 Å². The highest BCUT2D eigenvalue weighted by Gasteiger charge is 2.40. The van der Waals surface area contributed by atoms with E-state index in [2.05, 4.69) is 0 Å². The van der Waals surface area contributed by atoms with Crippen molar-refractivity contribution in [2.45, 2.75) is 32.3 Å². The van der Waals surface area contributed by atoms with E-state index >= 15 is 0 Å². The van der Waals surface area contributed by atoms with Crippen molar-refractivity contribution < 1.29 is 24.9 Å². The first-order valence-electron chi connectivity index (χ1n) is 5.10. The van der Waals surface area contributed by atoms with Crippen LogP contribution >= 0.6 is 0 Å². The number of carbonyl (C=O) groups excluding carboxylic acids is 1. The third-order valence-electron chi connectivity index (χ3n) is 2.77. The molecule has 0 aromatic rings. The molecule has 0 saturated heterocycles. The van der Waals surface area contributed by atoms with Crippen LogP contribution in [0.2, 0.25) is 0 Å². The molecule has 0 rings (SSSR count). The van der Waals surface area contributed by atoms with E-state index in [0.717, 1.165) is 0 Å². The number of hydrogen-bond donors (Lipinski definition) is 4. The molecule has 6 heteroatoms. The fourth-order valence-corrected chi connectivity index (χ4v) is 1.87. The summed E-state index contributed by atoms with van der Waals surface area (Å²) >= 11 is 0. The lowest BCUT2D eigenvalue weighted by molar-refractivity contribution is -0.152. The number of rotatable bonds is 7. The molecule has 3 atom stereocenters. The minimum atomic E-state index is -1.61. The maximum atomic E-state index is 10.9. The Labute approximate surface area is 94.1 Å². The molecule has 0 aliphatic carbocycles. The van der Waals surface area contributed by atoms with Gasteiger partial charge in [-0.05, 0) is 13.3 Å². The summed E-state index contributed by atoms with van der Waals surface area (Å²) in [6.07, 6.45) is -0.114. The topological polar surface area (TPSA) is 121 Å². The van der Waals surface area contributed by atoms with Crippen molar-refractivity contribution in [3.63, 3.8) is 0 Å². The Bertz CT molecular complexity index is 264. The van der Waals surface area contributed by atoms with E-state index in [1.54, 1.807) is 6.92 Å². The minimum Gasteiger partial charge on any atom is -0.481 e. The average Bonchev–Trinajstić information content (AvgIpc) is 2.10. The van der Waals surface area contributed by atoms with Gasteiger partial charge < -0.3 is 21.1 Å². The van der Waals surface area contributed by atoms with Gasteiger partial charge in [-0.1, -0.05) is 6.92 Å². The first kappa shape index (κ1) is 14.9. The fraction of sp³-hybridized carbons (Fsp3) is 0.800. The molecular formula is C10H19NO5. The Kier molecular flexibility index (Phi) is 5.40. The van der Waals surface area contributed by atoms with Crippen LogP contribution in [0, 0.1) is 11.8 Å². The largest absolute Gasteiger partial charge is 0.481 e. The molecule has 16 heavy (non-hydrogen) atoms. The number of aliphatic hydroxyl groups is 2. The lowest BCUT2D eigenvalue weighted by Gasteiger charge is -2.34. The Morgan fingerprint density at radius 3 is 2.19 bits per heavy atom. The Morgan fingerprint density at radius 1 is 1.44 bits per heavy atom. The van der Waals surface area contributed by atoms with Crippen LogP contribution in [-0.4, -0.2) is 39.4 Å². The lowest BCUT2D eigenvalue weighted by Crippen LogP contribution is -2.46. The monoisotopic (exact) mass is 233 g/mol. The van der Waals surface area contributed by atoms with Crippen molar-refractivity contribution in [3.05, 3.63) is 0 Å². The van der Waals surface area contributed by atoms with Gasteiger partial charge in [-0.3, -0.25) is 9.59 Å². The third kappa shape index (κ3) is 3.79. The highest BCUT2D eigenvalue weighted by Crippen LogP contribution is 2.29. The van der Waals surface area contributed by atoms with Gasteiger partial charge in [-0.25, -0.2) is 0 Å². The number of hydrogen-bond acceptors (Lipinski definition) is 4. The normalized spacial score (nSPS) is 18.5. The third-order valence-corrected chi connectivity index (χ3v) is 2.77. The van der Waals surface area contributed by atoms with Gasteiger partial charge in [0.25, 0.3) is 0 Å². The second-order valence-corrected chi connectivity index (χ2v) is 4.14. The highest BCUT2D eigenvalue weighted by molar-refractivity contribution is 5.75. The van der Waals surface area contributed by atoms with Gasteiger partial charge in [0, 0.05) is 12.5 Å². The molecule has 6 nitrogen and oxygen atoms in total. The molecule has 0 aromatic heterocycles. The molecule has 5 N–H and O–H groups in total. The molecule has 0 heterocycles. The summed E-state index contributed by atoms with van der Waals surface area (Å²) in [7, 11) is 0. The molecule has 1 amide bonds. The van der Waals surface area contributed by atoms with E-state index in [1.165, 1.54) is 6.92 Å². The van der Waals surface area contributed by atoms with Gasteiger partial charge in [0.05, 0.1) is 17.9 Å². The summed E-state index contributed by atoms with van der Waals surface area (Å²) in [6, 6.07) is 0. The molecular weight excluding hydrogens is 214 g/mol. The Morgan fingerprint density at radius 2 is 1.94 bits per heavy atom. The summed E-state index contributed by atoms with van der Waals surface area (Å²) < 4.78 is 0. The van der Waals surface area contributed by atoms with E-state index in [9.17, 15) is 14.7 Å². The maximum absolute atomic E-state index is 10.9. The molecule has 0 fully saturated rings. The molecule has 3 unspecified atom stereocenters. The number of nitrogens with two attached hydrogens (primary N) is 1. The Balaban J connectivity index is 4.94. The zero-order chi connectivity index (χ0) is 12.9. The van der Waals surface area contributed by atoms with E-state index in [0.29, 0.717) is 0 Å². The van der Waals surface area contributed by atoms with Crippen molar-refractivity contribution in [1.82, 2.24) is 0 Å². The fourth-order valence-electron chi connectivity index (χ4n) is 1.87. The number of carboxylic acids is 1. The summed E-state index contributed by atoms with van der Waals surface area (Å²) in [5, 5.41) is 28.1. The second kappa shape index (κ2) is 5.81. The van der Waals surface area contributed by atoms with E-state index < -0.39 is 35.9 Å². The highest BCUT2D eigenvalue weighted by atomic mass is 16.4. The van der Waals surface area contributed by atoms with Crippen molar-refractivity contribution in [1.29, 1.82) is 0 Å². The van der Waals surface area contributed by atoms with Gasteiger partial charge in [0.1, 0.15) is 0 Å². The van der Waals surface area contributed by atoms with Crippen LogP contribution in [0.5, 0.6) is 0 Å². The zero-order valence-electron chi connectivity index (χ0n) is 9.51. The number of amides is 1. The molecule has 0 aromatic carbocycles. The minimum absolute atomic E-state index is 0.259. The standard InChI is InChI=1S/C10H19NO5/c1-3-6(9(14)15)7(5-12)10(2,16)4-8(11)13/h6-7,12,16H,3-5H2,1-2H3,(H2,11,13)(H,14,15). The molecule has 0 spiro atoms. The number of aliphatic carboxylic acids is 1. The summed E-state index contributed by atoms with van der Waals surface area (Å²) in [5.74, 6) is -3.66. The SMILES string of the molecule is CCC(C(=O)O)C(CO)C(C)(O)CC(N)=O. The predicted molar refractivity (Wildman–Crippen MR) is 56.4 cm³/mol. The molecule has 0 bridgehead atoms. The van der Waals surface area contributed by atoms with Crippen LogP contribution < -0.4 is 5.73 Å². The van der Waals surface area contributed by atoms with E-state index in [4.69, 9.17) is 15.9 Å². The first-order valence-corrected chi connectivity index (χ1v) is 5.10. The van der Waals surface area contributed by atoms with Crippen LogP contribution in [0.3, 0.4) is 0 Å². The molecule has 94 valence electrons. The molecule has 0 aliphatic rings. The van der Waals surface area contributed by atoms with Crippen LogP contribution in [0.4, 0.5) is 0 Å².